The van der Waals surface area contributed by atoms with Crippen molar-refractivity contribution in [3.05, 3.63) is 29.6 Å². The number of ether oxygens (including phenoxy) is 1. The Morgan fingerprint density at radius 3 is 3.18 bits per heavy atom. The number of aryl methyl sites for hydroxylation is 1. The fraction of sp³-hybridized carbons (Fsp3) is 0.500. The van der Waals surface area contributed by atoms with Gasteiger partial charge in [0.15, 0.2) is 0 Å². The van der Waals surface area contributed by atoms with Gasteiger partial charge in [0.2, 0.25) is 0 Å². The molecule has 0 radical (unpaired) electrons. The molecule has 1 unspecified atom stereocenters. The zero-order valence-electron chi connectivity index (χ0n) is 9.73. The molecule has 2 heterocycles. The highest BCUT2D eigenvalue weighted by Gasteiger charge is 2.25. The van der Waals surface area contributed by atoms with Crippen LogP contribution in [0.1, 0.15) is 16.2 Å². The quantitative estimate of drug-likeness (QED) is 0.751. The molecule has 1 aromatic rings. The maximum absolute atomic E-state index is 12.2. The zero-order chi connectivity index (χ0) is 12.3. The Kier molecular flexibility index (Phi) is 3.97. The minimum atomic E-state index is -0.0702. The van der Waals surface area contributed by atoms with Gasteiger partial charge in [-0.25, -0.2) is 4.98 Å². The van der Waals surface area contributed by atoms with Crippen molar-refractivity contribution in [2.24, 2.45) is 0 Å². The Bertz CT molecular complexity index is 411. The molecule has 1 atom stereocenters. The number of aromatic nitrogens is 1. The van der Waals surface area contributed by atoms with Crippen molar-refractivity contribution in [3.8, 4) is 0 Å². The van der Waals surface area contributed by atoms with Gasteiger partial charge in [-0.1, -0.05) is 6.07 Å². The van der Waals surface area contributed by atoms with Gasteiger partial charge in [0, 0.05) is 18.8 Å². The van der Waals surface area contributed by atoms with Crippen LogP contribution in [0, 0.1) is 6.92 Å². The third-order valence-electron chi connectivity index (χ3n) is 2.71. The van der Waals surface area contributed by atoms with Crippen LogP contribution in [0.15, 0.2) is 18.2 Å². The van der Waals surface area contributed by atoms with Crippen molar-refractivity contribution < 1.29 is 9.53 Å². The van der Waals surface area contributed by atoms with Gasteiger partial charge in [-0.2, -0.15) is 0 Å². The molecule has 0 saturated carbocycles. The maximum Gasteiger partial charge on any atom is 0.272 e. The van der Waals surface area contributed by atoms with Crippen LogP contribution in [0.4, 0.5) is 0 Å². The SMILES string of the molecule is Cc1cccc(C(=O)N2CCOC(CCl)C2)n1. The first-order valence-corrected chi connectivity index (χ1v) is 6.14. The van der Waals surface area contributed by atoms with Gasteiger partial charge < -0.3 is 9.64 Å². The van der Waals surface area contributed by atoms with Crippen LogP contribution in [0.2, 0.25) is 0 Å². The molecular formula is C12H15ClN2O2. The molecule has 0 spiro atoms. The smallest absolute Gasteiger partial charge is 0.272 e. The second-order valence-corrected chi connectivity index (χ2v) is 4.37. The third-order valence-corrected chi connectivity index (χ3v) is 3.05. The number of morpholine rings is 1. The van der Waals surface area contributed by atoms with E-state index in [0.717, 1.165) is 5.69 Å². The van der Waals surface area contributed by atoms with Crippen molar-refractivity contribution in [1.29, 1.82) is 0 Å². The van der Waals surface area contributed by atoms with E-state index in [1.165, 1.54) is 0 Å². The average molecular weight is 255 g/mol. The molecule has 17 heavy (non-hydrogen) atoms. The number of carbonyl (C=O) groups is 1. The summed E-state index contributed by atoms with van der Waals surface area (Å²) < 4.78 is 5.42. The van der Waals surface area contributed by atoms with E-state index < -0.39 is 0 Å². The first kappa shape index (κ1) is 12.3. The number of rotatable bonds is 2. The zero-order valence-corrected chi connectivity index (χ0v) is 10.5. The van der Waals surface area contributed by atoms with Crippen LogP contribution in [0.3, 0.4) is 0 Å². The first-order valence-electron chi connectivity index (χ1n) is 5.61. The molecule has 0 aromatic carbocycles. The molecule has 1 aliphatic rings. The summed E-state index contributed by atoms with van der Waals surface area (Å²) in [7, 11) is 0. The molecule has 0 aliphatic carbocycles. The van der Waals surface area contributed by atoms with Gasteiger partial charge in [0.1, 0.15) is 5.69 Å². The van der Waals surface area contributed by atoms with Gasteiger partial charge in [0.25, 0.3) is 5.91 Å². The minimum absolute atomic E-state index is 0.0490. The Morgan fingerprint density at radius 1 is 1.65 bits per heavy atom. The predicted octanol–water partition coefficient (Wildman–Crippen LogP) is 1.47. The van der Waals surface area contributed by atoms with Crippen molar-refractivity contribution in [2.45, 2.75) is 13.0 Å². The standard InChI is InChI=1S/C12H15ClN2O2/c1-9-3-2-4-11(14-9)12(16)15-5-6-17-10(7-13)8-15/h2-4,10H,5-8H2,1H3. The summed E-state index contributed by atoms with van der Waals surface area (Å²) in [5, 5.41) is 0. The van der Waals surface area contributed by atoms with Crippen LogP contribution in [-0.4, -0.2) is 47.5 Å². The highest BCUT2D eigenvalue weighted by atomic mass is 35.5. The van der Waals surface area contributed by atoms with Crippen molar-refractivity contribution in [2.75, 3.05) is 25.6 Å². The minimum Gasteiger partial charge on any atom is -0.373 e. The van der Waals surface area contributed by atoms with Crippen LogP contribution in [0.5, 0.6) is 0 Å². The van der Waals surface area contributed by atoms with E-state index in [1.807, 2.05) is 19.1 Å². The summed E-state index contributed by atoms with van der Waals surface area (Å²) in [6, 6.07) is 5.45. The largest absolute Gasteiger partial charge is 0.373 e. The molecular weight excluding hydrogens is 240 g/mol. The number of amides is 1. The van der Waals surface area contributed by atoms with Crippen molar-refractivity contribution in [3.63, 3.8) is 0 Å². The first-order chi connectivity index (χ1) is 8.20. The molecule has 1 aromatic heterocycles. The van der Waals surface area contributed by atoms with E-state index >= 15 is 0 Å². The Balaban J connectivity index is 2.09. The van der Waals surface area contributed by atoms with E-state index in [9.17, 15) is 4.79 Å². The van der Waals surface area contributed by atoms with Crippen LogP contribution < -0.4 is 0 Å². The number of nitrogens with zero attached hydrogens (tertiary/aromatic N) is 2. The lowest BCUT2D eigenvalue weighted by Gasteiger charge is -2.31. The van der Waals surface area contributed by atoms with E-state index in [0.29, 0.717) is 31.3 Å². The molecule has 92 valence electrons. The van der Waals surface area contributed by atoms with Gasteiger partial charge >= 0.3 is 0 Å². The molecule has 1 amide bonds. The molecule has 5 heteroatoms. The Labute approximate surface area is 106 Å². The summed E-state index contributed by atoms with van der Waals surface area (Å²) in [5.41, 5.74) is 1.33. The number of hydrogen-bond acceptors (Lipinski definition) is 3. The van der Waals surface area contributed by atoms with E-state index in [4.69, 9.17) is 16.3 Å². The molecule has 2 rings (SSSR count). The molecule has 1 fully saturated rings. The van der Waals surface area contributed by atoms with Crippen LogP contribution >= 0.6 is 11.6 Å². The highest BCUT2D eigenvalue weighted by molar-refractivity contribution is 6.18. The summed E-state index contributed by atoms with van der Waals surface area (Å²) >= 11 is 5.74. The monoisotopic (exact) mass is 254 g/mol. The van der Waals surface area contributed by atoms with Gasteiger partial charge in [-0.05, 0) is 19.1 Å². The molecule has 0 N–H and O–H groups in total. The third kappa shape index (κ3) is 2.96. The van der Waals surface area contributed by atoms with Gasteiger partial charge in [0.05, 0.1) is 18.6 Å². The Hall–Kier alpha value is -1.13. The lowest BCUT2D eigenvalue weighted by Crippen LogP contribution is -2.46. The summed E-state index contributed by atoms with van der Waals surface area (Å²) in [6.45, 7) is 3.55. The number of pyridine rings is 1. The van der Waals surface area contributed by atoms with Crippen molar-refractivity contribution >= 4 is 17.5 Å². The number of carbonyl (C=O) groups excluding carboxylic acids is 1. The molecule has 0 bridgehead atoms. The maximum atomic E-state index is 12.2. The molecule has 1 saturated heterocycles. The summed E-state index contributed by atoms with van der Waals surface area (Å²) in [6.07, 6.45) is -0.0702. The van der Waals surface area contributed by atoms with E-state index in [-0.39, 0.29) is 12.0 Å². The number of alkyl halides is 1. The fourth-order valence-corrected chi connectivity index (χ4v) is 2.01. The van der Waals surface area contributed by atoms with E-state index in [2.05, 4.69) is 4.98 Å². The lowest BCUT2D eigenvalue weighted by molar-refractivity contribution is -0.0110. The second-order valence-electron chi connectivity index (χ2n) is 4.06. The molecule has 1 aliphatic heterocycles. The summed E-state index contributed by atoms with van der Waals surface area (Å²) in [5.74, 6) is 0.359. The fourth-order valence-electron chi connectivity index (χ4n) is 1.82. The van der Waals surface area contributed by atoms with Gasteiger partial charge in [-0.15, -0.1) is 11.6 Å². The number of hydrogen-bond donors (Lipinski definition) is 0. The highest BCUT2D eigenvalue weighted by Crippen LogP contribution is 2.10. The van der Waals surface area contributed by atoms with Crippen molar-refractivity contribution in [1.82, 2.24) is 9.88 Å². The predicted molar refractivity (Wildman–Crippen MR) is 65.3 cm³/mol. The average Bonchev–Trinajstić information content (AvgIpc) is 2.38. The Morgan fingerprint density at radius 2 is 2.47 bits per heavy atom. The molecule has 4 nitrogen and oxygen atoms in total. The van der Waals surface area contributed by atoms with Crippen LogP contribution in [-0.2, 0) is 4.74 Å². The normalized spacial score (nSPS) is 20.4. The number of halogens is 1. The van der Waals surface area contributed by atoms with Gasteiger partial charge in [-0.3, -0.25) is 4.79 Å². The van der Waals surface area contributed by atoms with E-state index in [1.54, 1.807) is 11.0 Å². The topological polar surface area (TPSA) is 42.4 Å². The second kappa shape index (κ2) is 5.47. The van der Waals surface area contributed by atoms with Crippen LogP contribution in [0.25, 0.3) is 0 Å². The lowest BCUT2D eigenvalue weighted by atomic mass is 10.2. The summed E-state index contributed by atoms with van der Waals surface area (Å²) in [4.78, 5) is 18.2.